The molecule has 1 aliphatic rings. The van der Waals surface area contributed by atoms with Crippen LogP contribution in [0.2, 0.25) is 0 Å². The van der Waals surface area contributed by atoms with Crippen molar-refractivity contribution in [1.82, 2.24) is 0 Å². The zero-order valence-electron chi connectivity index (χ0n) is 11.1. The first-order valence-corrected chi connectivity index (χ1v) is 5.86. The molecule has 0 aromatic carbocycles. The molecule has 6 heteroatoms. The Hall–Kier alpha value is -2.37. The van der Waals surface area contributed by atoms with Gasteiger partial charge in [0.1, 0.15) is 19.8 Å². The second kappa shape index (κ2) is 6.70. The minimum Gasteiger partial charge on any atom is -0.462 e. The molecule has 0 bridgehead atoms. The van der Waals surface area contributed by atoms with E-state index < -0.39 is 23.3 Å². The van der Waals surface area contributed by atoms with Crippen LogP contribution in [0.1, 0.15) is 6.42 Å². The molecule has 1 aliphatic heterocycles. The van der Waals surface area contributed by atoms with Gasteiger partial charge in [-0.3, -0.25) is 0 Å². The van der Waals surface area contributed by atoms with Crippen LogP contribution in [0.5, 0.6) is 0 Å². The maximum atomic E-state index is 11.3. The first kappa shape index (κ1) is 15.7. The van der Waals surface area contributed by atoms with E-state index in [9.17, 15) is 14.4 Å². The van der Waals surface area contributed by atoms with Crippen LogP contribution >= 0.6 is 0 Å². The van der Waals surface area contributed by atoms with Crippen molar-refractivity contribution in [2.75, 3.05) is 19.8 Å². The van der Waals surface area contributed by atoms with E-state index in [-0.39, 0.29) is 31.8 Å². The van der Waals surface area contributed by atoms with Crippen LogP contribution in [0, 0.1) is 5.41 Å². The molecule has 6 nitrogen and oxygen atoms in total. The van der Waals surface area contributed by atoms with Gasteiger partial charge in [-0.15, -0.1) is 0 Å². The standard InChI is InChI=1S/C14H16O6/c1-4-11(15)18-7-14(8-19-12(16)5-2)6-10(3)13(17)20-9-14/h4-5H,1-3,6-9H2. The molecular formula is C14H16O6. The predicted octanol–water partition coefficient (Wildman–Crippen LogP) is 0.934. The third-order valence-corrected chi connectivity index (χ3v) is 2.76. The molecule has 1 rings (SSSR count). The summed E-state index contributed by atoms with van der Waals surface area (Å²) in [6.45, 7) is 9.98. The zero-order chi connectivity index (χ0) is 15.2. The van der Waals surface area contributed by atoms with Crippen LogP contribution in [0.25, 0.3) is 0 Å². The molecule has 0 aromatic rings. The Morgan fingerprint density at radius 3 is 2.10 bits per heavy atom. The number of hydrogen-bond donors (Lipinski definition) is 0. The minimum atomic E-state index is -0.831. The van der Waals surface area contributed by atoms with Crippen molar-refractivity contribution in [2.45, 2.75) is 6.42 Å². The number of cyclic esters (lactones) is 1. The molecule has 0 spiro atoms. The monoisotopic (exact) mass is 280 g/mol. The van der Waals surface area contributed by atoms with E-state index in [1.807, 2.05) is 0 Å². The summed E-state index contributed by atoms with van der Waals surface area (Å²) in [7, 11) is 0. The van der Waals surface area contributed by atoms with Crippen molar-refractivity contribution in [3.05, 3.63) is 37.5 Å². The van der Waals surface area contributed by atoms with Gasteiger partial charge in [0.15, 0.2) is 0 Å². The van der Waals surface area contributed by atoms with Gasteiger partial charge in [-0.1, -0.05) is 19.7 Å². The Bertz CT molecular complexity index is 438. The number of hydrogen-bond acceptors (Lipinski definition) is 6. The molecule has 0 N–H and O–H groups in total. The van der Waals surface area contributed by atoms with Gasteiger partial charge >= 0.3 is 17.9 Å². The van der Waals surface area contributed by atoms with Gasteiger partial charge in [0.25, 0.3) is 0 Å². The van der Waals surface area contributed by atoms with Gasteiger partial charge in [0.05, 0.1) is 5.41 Å². The van der Waals surface area contributed by atoms with Gasteiger partial charge < -0.3 is 14.2 Å². The van der Waals surface area contributed by atoms with Crippen molar-refractivity contribution in [2.24, 2.45) is 5.41 Å². The van der Waals surface area contributed by atoms with E-state index in [2.05, 4.69) is 19.7 Å². The summed E-state index contributed by atoms with van der Waals surface area (Å²) >= 11 is 0. The lowest BCUT2D eigenvalue weighted by atomic mass is 9.82. The summed E-state index contributed by atoms with van der Waals surface area (Å²) in [4.78, 5) is 33.6. The van der Waals surface area contributed by atoms with E-state index in [1.165, 1.54) is 0 Å². The maximum absolute atomic E-state index is 11.3. The Morgan fingerprint density at radius 1 is 1.20 bits per heavy atom. The molecule has 0 aromatic heterocycles. The van der Waals surface area contributed by atoms with Crippen LogP contribution in [0.4, 0.5) is 0 Å². The second-order valence-electron chi connectivity index (χ2n) is 4.48. The normalized spacial score (nSPS) is 16.8. The van der Waals surface area contributed by atoms with Crippen LogP contribution in [0.3, 0.4) is 0 Å². The van der Waals surface area contributed by atoms with Gasteiger partial charge in [0, 0.05) is 17.7 Å². The zero-order valence-corrected chi connectivity index (χ0v) is 11.1. The number of rotatable bonds is 6. The highest BCUT2D eigenvalue weighted by Gasteiger charge is 2.41. The van der Waals surface area contributed by atoms with Crippen LogP contribution in [0.15, 0.2) is 37.5 Å². The number of carbonyl (C=O) groups excluding carboxylic acids is 3. The lowest BCUT2D eigenvalue weighted by Crippen LogP contribution is -2.43. The van der Waals surface area contributed by atoms with Crippen LogP contribution < -0.4 is 0 Å². The molecule has 1 fully saturated rings. The fourth-order valence-electron chi connectivity index (χ4n) is 1.69. The Morgan fingerprint density at radius 2 is 1.70 bits per heavy atom. The second-order valence-corrected chi connectivity index (χ2v) is 4.48. The third-order valence-electron chi connectivity index (χ3n) is 2.76. The third kappa shape index (κ3) is 4.08. The van der Waals surface area contributed by atoms with Gasteiger partial charge in [0.2, 0.25) is 0 Å². The highest BCUT2D eigenvalue weighted by molar-refractivity contribution is 5.88. The molecule has 0 radical (unpaired) electrons. The van der Waals surface area contributed by atoms with Crippen molar-refractivity contribution in [3.8, 4) is 0 Å². The van der Waals surface area contributed by atoms with Crippen LogP contribution in [-0.4, -0.2) is 37.7 Å². The lowest BCUT2D eigenvalue weighted by molar-refractivity contribution is -0.161. The van der Waals surface area contributed by atoms with Crippen molar-refractivity contribution >= 4 is 17.9 Å². The highest BCUT2D eigenvalue weighted by Crippen LogP contribution is 2.32. The molecule has 0 atom stereocenters. The predicted molar refractivity (Wildman–Crippen MR) is 69.5 cm³/mol. The Balaban J connectivity index is 2.76. The van der Waals surface area contributed by atoms with Crippen molar-refractivity contribution in [3.63, 3.8) is 0 Å². The summed E-state index contributed by atoms with van der Waals surface area (Å²) < 4.78 is 14.9. The molecular weight excluding hydrogens is 264 g/mol. The SMILES string of the molecule is C=CC(=O)OCC1(COC(=O)C=C)COC(=O)C(=C)C1. The molecule has 0 saturated carbocycles. The molecule has 0 unspecified atom stereocenters. The summed E-state index contributed by atoms with van der Waals surface area (Å²) in [5.41, 5.74) is -0.594. The maximum Gasteiger partial charge on any atom is 0.333 e. The average molecular weight is 280 g/mol. The topological polar surface area (TPSA) is 78.9 Å². The summed E-state index contributed by atoms with van der Waals surface area (Å²) in [5.74, 6) is -1.73. The number of ether oxygens (including phenoxy) is 3. The molecule has 0 amide bonds. The fourth-order valence-corrected chi connectivity index (χ4v) is 1.69. The van der Waals surface area contributed by atoms with Gasteiger partial charge in [-0.05, 0) is 6.42 Å². The van der Waals surface area contributed by atoms with E-state index in [0.717, 1.165) is 12.2 Å². The molecule has 1 saturated heterocycles. The smallest absolute Gasteiger partial charge is 0.333 e. The number of carbonyl (C=O) groups is 3. The highest BCUT2D eigenvalue weighted by atomic mass is 16.6. The molecule has 0 aliphatic carbocycles. The van der Waals surface area contributed by atoms with Gasteiger partial charge in [-0.2, -0.15) is 0 Å². The Kier molecular flexibility index (Phi) is 5.25. The summed E-state index contributed by atoms with van der Waals surface area (Å²) in [6.07, 6.45) is 2.25. The minimum absolute atomic E-state index is 0.0281. The summed E-state index contributed by atoms with van der Waals surface area (Å²) in [5, 5.41) is 0. The fraction of sp³-hybridized carbons (Fsp3) is 0.357. The van der Waals surface area contributed by atoms with E-state index in [4.69, 9.17) is 14.2 Å². The first-order valence-electron chi connectivity index (χ1n) is 5.86. The average Bonchev–Trinajstić information content (AvgIpc) is 2.46. The lowest BCUT2D eigenvalue weighted by Gasteiger charge is -2.35. The van der Waals surface area contributed by atoms with Crippen molar-refractivity contribution < 1.29 is 28.6 Å². The van der Waals surface area contributed by atoms with E-state index in [1.54, 1.807) is 0 Å². The quantitative estimate of drug-likeness (QED) is 0.409. The van der Waals surface area contributed by atoms with Gasteiger partial charge in [-0.25, -0.2) is 14.4 Å². The Labute approximate surface area is 116 Å². The molecule has 108 valence electrons. The van der Waals surface area contributed by atoms with Crippen molar-refractivity contribution in [1.29, 1.82) is 0 Å². The summed E-state index contributed by atoms with van der Waals surface area (Å²) in [6, 6.07) is 0. The van der Waals surface area contributed by atoms with E-state index >= 15 is 0 Å². The molecule has 20 heavy (non-hydrogen) atoms. The van der Waals surface area contributed by atoms with E-state index in [0.29, 0.717) is 0 Å². The number of esters is 3. The first-order chi connectivity index (χ1) is 9.42. The largest absolute Gasteiger partial charge is 0.462 e. The van der Waals surface area contributed by atoms with Crippen LogP contribution in [-0.2, 0) is 28.6 Å². The molecule has 1 heterocycles.